The van der Waals surface area contributed by atoms with E-state index >= 15 is 0 Å². The summed E-state index contributed by atoms with van der Waals surface area (Å²) in [6.07, 6.45) is 2.59. The summed E-state index contributed by atoms with van der Waals surface area (Å²) < 4.78 is 13.7. The number of likely N-dealkylation sites (tertiary alicyclic amines) is 1. The monoisotopic (exact) mass is 326 g/mol. The lowest BCUT2D eigenvalue weighted by atomic mass is 9.95. The Balaban J connectivity index is 1.88. The van der Waals surface area contributed by atoms with Crippen LogP contribution in [0.2, 0.25) is 5.02 Å². The number of nitrogens with zero attached hydrogens (tertiary/aromatic N) is 1. The minimum absolute atomic E-state index is 0.138. The van der Waals surface area contributed by atoms with Crippen LogP contribution in [0, 0.1) is 11.7 Å². The number of halogens is 2. The third-order valence-corrected chi connectivity index (χ3v) is 4.11. The van der Waals surface area contributed by atoms with E-state index in [2.05, 4.69) is 5.32 Å². The highest BCUT2D eigenvalue weighted by Gasteiger charge is 2.27. The van der Waals surface area contributed by atoms with E-state index in [1.165, 1.54) is 18.2 Å². The number of hydrogen-bond acceptors (Lipinski definition) is 2. The number of rotatable bonds is 4. The van der Waals surface area contributed by atoms with Gasteiger partial charge in [0.2, 0.25) is 11.8 Å². The highest BCUT2D eigenvalue weighted by atomic mass is 35.5. The molecular formula is C16H20ClFN2O2. The van der Waals surface area contributed by atoms with Crippen molar-refractivity contribution in [3.05, 3.63) is 29.0 Å². The second kappa shape index (κ2) is 7.58. The SMILES string of the molecule is CCCC(=O)N1CCC(C(=O)Nc2ccc(Cl)cc2F)CC1. The van der Waals surface area contributed by atoms with Gasteiger partial charge in [0.25, 0.3) is 0 Å². The third-order valence-electron chi connectivity index (χ3n) is 3.87. The Kier molecular flexibility index (Phi) is 5.77. The molecule has 0 unspecified atom stereocenters. The first-order valence-electron chi connectivity index (χ1n) is 7.55. The molecular weight excluding hydrogens is 307 g/mol. The Morgan fingerprint density at radius 1 is 1.36 bits per heavy atom. The van der Waals surface area contributed by atoms with Crippen LogP contribution in [0.1, 0.15) is 32.6 Å². The number of carbonyl (C=O) groups excluding carboxylic acids is 2. The Morgan fingerprint density at radius 3 is 2.64 bits per heavy atom. The lowest BCUT2D eigenvalue weighted by molar-refractivity contribution is -0.134. The van der Waals surface area contributed by atoms with Gasteiger partial charge in [0.15, 0.2) is 0 Å². The molecule has 1 fully saturated rings. The van der Waals surface area contributed by atoms with E-state index in [4.69, 9.17) is 11.6 Å². The maximum absolute atomic E-state index is 13.7. The standard InChI is InChI=1S/C16H20ClFN2O2/c1-2-3-15(21)20-8-6-11(7-9-20)16(22)19-14-5-4-12(17)10-13(14)18/h4-5,10-11H,2-3,6-9H2,1H3,(H,19,22). The van der Waals surface area contributed by atoms with E-state index in [0.29, 0.717) is 37.4 Å². The minimum atomic E-state index is -0.545. The van der Waals surface area contributed by atoms with Crippen molar-refractivity contribution in [1.29, 1.82) is 0 Å². The van der Waals surface area contributed by atoms with E-state index in [0.717, 1.165) is 6.42 Å². The molecule has 0 aliphatic carbocycles. The van der Waals surface area contributed by atoms with Crippen molar-refractivity contribution in [3.8, 4) is 0 Å². The van der Waals surface area contributed by atoms with Crippen LogP contribution in [-0.2, 0) is 9.59 Å². The molecule has 2 rings (SSSR count). The van der Waals surface area contributed by atoms with Gasteiger partial charge in [-0.1, -0.05) is 18.5 Å². The predicted molar refractivity (Wildman–Crippen MR) is 84.3 cm³/mol. The summed E-state index contributed by atoms with van der Waals surface area (Å²) >= 11 is 5.68. The molecule has 1 saturated heterocycles. The smallest absolute Gasteiger partial charge is 0.227 e. The van der Waals surface area contributed by atoms with Gasteiger partial charge in [-0.05, 0) is 37.5 Å². The van der Waals surface area contributed by atoms with Crippen molar-refractivity contribution in [2.45, 2.75) is 32.6 Å². The van der Waals surface area contributed by atoms with Crippen LogP contribution in [-0.4, -0.2) is 29.8 Å². The molecule has 1 N–H and O–H groups in total. The molecule has 1 aromatic carbocycles. The first-order chi connectivity index (χ1) is 10.5. The van der Waals surface area contributed by atoms with Gasteiger partial charge in [-0.3, -0.25) is 9.59 Å². The van der Waals surface area contributed by atoms with Crippen molar-refractivity contribution in [2.75, 3.05) is 18.4 Å². The maximum Gasteiger partial charge on any atom is 0.227 e. The van der Waals surface area contributed by atoms with Crippen molar-refractivity contribution in [1.82, 2.24) is 4.90 Å². The number of nitrogens with one attached hydrogen (secondary N) is 1. The van der Waals surface area contributed by atoms with Gasteiger partial charge in [-0.15, -0.1) is 0 Å². The molecule has 0 saturated carbocycles. The Hall–Kier alpha value is -1.62. The van der Waals surface area contributed by atoms with Gasteiger partial charge in [0.1, 0.15) is 5.82 Å². The summed E-state index contributed by atoms with van der Waals surface area (Å²) in [5.41, 5.74) is 0.138. The van der Waals surface area contributed by atoms with Gasteiger partial charge < -0.3 is 10.2 Å². The van der Waals surface area contributed by atoms with Crippen LogP contribution < -0.4 is 5.32 Å². The molecule has 1 heterocycles. The number of benzene rings is 1. The predicted octanol–water partition coefficient (Wildman–Crippen LogP) is 3.46. The summed E-state index contributed by atoms with van der Waals surface area (Å²) in [4.78, 5) is 25.8. The van der Waals surface area contributed by atoms with Crippen LogP contribution in [0.25, 0.3) is 0 Å². The number of hydrogen-bond donors (Lipinski definition) is 1. The van der Waals surface area contributed by atoms with E-state index in [9.17, 15) is 14.0 Å². The largest absolute Gasteiger partial charge is 0.343 e. The fraction of sp³-hybridized carbons (Fsp3) is 0.500. The molecule has 0 radical (unpaired) electrons. The van der Waals surface area contributed by atoms with Gasteiger partial charge in [0, 0.05) is 30.5 Å². The summed E-state index contributed by atoms with van der Waals surface area (Å²) in [6, 6.07) is 4.16. The molecule has 1 aliphatic heterocycles. The summed E-state index contributed by atoms with van der Waals surface area (Å²) in [5, 5.41) is 2.89. The van der Waals surface area contributed by atoms with E-state index < -0.39 is 5.82 Å². The molecule has 2 amide bonds. The fourth-order valence-corrected chi connectivity index (χ4v) is 2.75. The zero-order valence-corrected chi connectivity index (χ0v) is 13.3. The second-order valence-electron chi connectivity index (χ2n) is 5.52. The van der Waals surface area contributed by atoms with E-state index in [1.807, 2.05) is 6.92 Å². The first kappa shape index (κ1) is 16.7. The molecule has 4 nitrogen and oxygen atoms in total. The zero-order chi connectivity index (χ0) is 16.1. The highest BCUT2D eigenvalue weighted by Crippen LogP contribution is 2.23. The molecule has 0 bridgehead atoms. The Morgan fingerprint density at radius 2 is 2.05 bits per heavy atom. The molecule has 120 valence electrons. The van der Waals surface area contributed by atoms with Crippen LogP contribution in [0.3, 0.4) is 0 Å². The summed E-state index contributed by atoms with van der Waals surface area (Å²) in [5.74, 6) is -0.800. The van der Waals surface area contributed by atoms with Crippen LogP contribution >= 0.6 is 11.6 Å². The highest BCUT2D eigenvalue weighted by molar-refractivity contribution is 6.30. The Bertz CT molecular complexity index is 557. The molecule has 0 spiro atoms. The van der Waals surface area contributed by atoms with Crippen molar-refractivity contribution in [2.24, 2.45) is 5.92 Å². The number of piperidine rings is 1. The summed E-state index contributed by atoms with van der Waals surface area (Å²) in [6.45, 7) is 3.14. The van der Waals surface area contributed by atoms with Crippen molar-refractivity contribution < 1.29 is 14.0 Å². The van der Waals surface area contributed by atoms with Crippen LogP contribution in [0.15, 0.2) is 18.2 Å². The molecule has 6 heteroatoms. The first-order valence-corrected chi connectivity index (χ1v) is 7.92. The summed E-state index contributed by atoms with van der Waals surface area (Å²) in [7, 11) is 0. The average Bonchev–Trinajstić information content (AvgIpc) is 2.50. The minimum Gasteiger partial charge on any atom is -0.343 e. The zero-order valence-electron chi connectivity index (χ0n) is 12.6. The van der Waals surface area contributed by atoms with Crippen molar-refractivity contribution in [3.63, 3.8) is 0 Å². The number of anilines is 1. The van der Waals surface area contributed by atoms with Gasteiger partial charge >= 0.3 is 0 Å². The molecule has 1 aromatic rings. The van der Waals surface area contributed by atoms with E-state index in [-0.39, 0.29) is 23.4 Å². The Labute approximate surface area is 134 Å². The molecule has 0 aromatic heterocycles. The quantitative estimate of drug-likeness (QED) is 0.921. The number of carbonyl (C=O) groups is 2. The topological polar surface area (TPSA) is 49.4 Å². The van der Waals surface area contributed by atoms with Crippen LogP contribution in [0.5, 0.6) is 0 Å². The molecule has 1 aliphatic rings. The van der Waals surface area contributed by atoms with Gasteiger partial charge in [0.05, 0.1) is 5.69 Å². The third kappa shape index (κ3) is 4.19. The van der Waals surface area contributed by atoms with E-state index in [1.54, 1.807) is 4.90 Å². The normalized spacial score (nSPS) is 15.7. The van der Waals surface area contributed by atoms with Gasteiger partial charge in [-0.25, -0.2) is 4.39 Å². The second-order valence-corrected chi connectivity index (χ2v) is 5.95. The maximum atomic E-state index is 13.7. The lowest BCUT2D eigenvalue weighted by Crippen LogP contribution is -2.41. The average molecular weight is 327 g/mol. The fourth-order valence-electron chi connectivity index (χ4n) is 2.59. The van der Waals surface area contributed by atoms with Crippen molar-refractivity contribution >= 4 is 29.1 Å². The number of amides is 2. The molecule has 0 atom stereocenters. The van der Waals surface area contributed by atoms with Gasteiger partial charge in [-0.2, -0.15) is 0 Å². The lowest BCUT2D eigenvalue weighted by Gasteiger charge is -2.31. The van der Waals surface area contributed by atoms with Crippen LogP contribution in [0.4, 0.5) is 10.1 Å². The molecule has 22 heavy (non-hydrogen) atoms.